The van der Waals surface area contributed by atoms with Crippen LogP contribution >= 0.6 is 0 Å². The van der Waals surface area contributed by atoms with Gasteiger partial charge < -0.3 is 4.74 Å². The second kappa shape index (κ2) is 5.47. The Morgan fingerprint density at radius 2 is 1.24 bits per heavy atom. The van der Waals surface area contributed by atoms with E-state index < -0.39 is 52.2 Å². The summed E-state index contributed by atoms with van der Waals surface area (Å²) in [6.07, 6.45) is 0. The number of hydrogen-bond acceptors (Lipinski definition) is 2. The Hall–Kier alpha value is -2.51. The maximum atomic E-state index is 13.3. The number of esters is 1. The molecule has 2 aromatic carbocycles. The Balaban J connectivity index is 2.48. The summed E-state index contributed by atoms with van der Waals surface area (Å²) >= 11 is 0. The Labute approximate surface area is 113 Å². The normalized spacial score (nSPS) is 10.6. The molecule has 0 amide bonds. The van der Waals surface area contributed by atoms with Gasteiger partial charge in [-0.15, -0.1) is 0 Å². The summed E-state index contributed by atoms with van der Waals surface area (Å²) in [4.78, 5) is 11.5. The third-order valence-electron chi connectivity index (χ3n) is 2.45. The van der Waals surface area contributed by atoms with Gasteiger partial charge in [0.2, 0.25) is 5.82 Å². The topological polar surface area (TPSA) is 26.3 Å². The molecule has 110 valence electrons. The summed E-state index contributed by atoms with van der Waals surface area (Å²) in [5.74, 6) is -15.4. The first-order valence-corrected chi connectivity index (χ1v) is 5.32. The van der Waals surface area contributed by atoms with Crippen LogP contribution in [0, 0.1) is 34.9 Å². The fourth-order valence-electron chi connectivity index (χ4n) is 1.46. The van der Waals surface area contributed by atoms with Crippen molar-refractivity contribution in [3.05, 3.63) is 64.7 Å². The molecule has 8 heteroatoms. The number of rotatable bonds is 2. The summed E-state index contributed by atoms with van der Waals surface area (Å²) in [5, 5.41) is 0. The van der Waals surface area contributed by atoms with Crippen molar-refractivity contribution >= 4 is 5.97 Å². The Morgan fingerprint density at radius 1 is 0.762 bits per heavy atom. The lowest BCUT2D eigenvalue weighted by Crippen LogP contribution is -2.17. The van der Waals surface area contributed by atoms with Gasteiger partial charge in [-0.25, -0.2) is 31.1 Å². The minimum absolute atomic E-state index is 0.716. The molecular weight excluding hydrogens is 302 g/mol. The predicted molar refractivity (Wildman–Crippen MR) is 57.6 cm³/mol. The van der Waals surface area contributed by atoms with Crippen LogP contribution in [0.3, 0.4) is 0 Å². The second-order valence-corrected chi connectivity index (χ2v) is 3.76. The van der Waals surface area contributed by atoms with Crippen molar-refractivity contribution in [1.82, 2.24) is 0 Å². The first kappa shape index (κ1) is 14.9. The highest BCUT2D eigenvalue weighted by Crippen LogP contribution is 2.25. The van der Waals surface area contributed by atoms with E-state index >= 15 is 0 Å². The Bertz CT molecular complexity index is 700. The van der Waals surface area contributed by atoms with E-state index in [1.165, 1.54) is 12.1 Å². The lowest BCUT2D eigenvalue weighted by Gasteiger charge is -2.08. The van der Waals surface area contributed by atoms with Gasteiger partial charge in [0, 0.05) is 0 Å². The molecule has 0 aromatic heterocycles. The largest absolute Gasteiger partial charge is 0.420 e. The smallest absolute Gasteiger partial charge is 0.349 e. The van der Waals surface area contributed by atoms with Crippen LogP contribution in [0.2, 0.25) is 0 Å². The van der Waals surface area contributed by atoms with Crippen LogP contribution in [-0.4, -0.2) is 5.97 Å². The quantitative estimate of drug-likeness (QED) is 0.278. The minimum Gasteiger partial charge on any atom is -0.420 e. The second-order valence-electron chi connectivity index (χ2n) is 3.76. The summed E-state index contributed by atoms with van der Waals surface area (Å²) in [6, 6.07) is 4.30. The van der Waals surface area contributed by atoms with Crippen LogP contribution in [0.5, 0.6) is 5.75 Å². The third kappa shape index (κ3) is 2.56. The van der Waals surface area contributed by atoms with E-state index in [1.54, 1.807) is 0 Å². The fourth-order valence-corrected chi connectivity index (χ4v) is 1.46. The summed E-state index contributed by atoms with van der Waals surface area (Å²) in [6.45, 7) is 0. The summed E-state index contributed by atoms with van der Waals surface area (Å²) in [5.41, 5.74) is -1.80. The van der Waals surface area contributed by atoms with Gasteiger partial charge in [-0.3, -0.25) is 0 Å². The Kier molecular flexibility index (Phi) is 3.88. The summed E-state index contributed by atoms with van der Waals surface area (Å²) < 4.78 is 82.9. The van der Waals surface area contributed by atoms with Crippen molar-refractivity contribution < 1.29 is 35.9 Å². The van der Waals surface area contributed by atoms with Gasteiger partial charge in [0.05, 0.1) is 0 Å². The molecule has 2 nitrogen and oxygen atoms in total. The SMILES string of the molecule is O=C(Oc1ccccc1F)c1c(F)c(F)c(F)c(F)c1F. The molecule has 21 heavy (non-hydrogen) atoms. The molecule has 0 aliphatic rings. The molecule has 0 radical (unpaired) electrons. The van der Waals surface area contributed by atoms with Crippen molar-refractivity contribution in [3.8, 4) is 5.75 Å². The van der Waals surface area contributed by atoms with E-state index in [4.69, 9.17) is 0 Å². The zero-order valence-electron chi connectivity index (χ0n) is 9.89. The van der Waals surface area contributed by atoms with E-state index in [0.717, 1.165) is 12.1 Å². The van der Waals surface area contributed by atoms with Crippen molar-refractivity contribution in [2.75, 3.05) is 0 Å². The highest BCUT2D eigenvalue weighted by Gasteiger charge is 2.31. The minimum atomic E-state index is -2.41. The number of carbonyl (C=O) groups excluding carboxylic acids is 1. The molecule has 0 bridgehead atoms. The van der Waals surface area contributed by atoms with Gasteiger partial charge in [-0.2, -0.15) is 0 Å². The molecule has 0 unspecified atom stereocenters. The first-order valence-electron chi connectivity index (χ1n) is 5.32. The average molecular weight is 306 g/mol. The molecule has 0 N–H and O–H groups in total. The molecule has 0 aliphatic carbocycles. The molecule has 2 aromatic rings. The van der Waals surface area contributed by atoms with Crippen molar-refractivity contribution in [2.45, 2.75) is 0 Å². The van der Waals surface area contributed by atoms with Crippen LogP contribution in [0.4, 0.5) is 26.3 Å². The molecule has 0 saturated carbocycles. The van der Waals surface area contributed by atoms with Gasteiger partial charge in [0.1, 0.15) is 5.56 Å². The van der Waals surface area contributed by atoms with E-state index in [0.29, 0.717) is 0 Å². The van der Waals surface area contributed by atoms with E-state index in [9.17, 15) is 31.1 Å². The number of halogens is 6. The maximum Gasteiger partial charge on any atom is 0.349 e. The molecule has 0 heterocycles. The summed E-state index contributed by atoms with van der Waals surface area (Å²) in [7, 11) is 0. The zero-order chi connectivity index (χ0) is 15.7. The van der Waals surface area contributed by atoms with Gasteiger partial charge in [-0.05, 0) is 12.1 Å². The van der Waals surface area contributed by atoms with E-state index in [1.807, 2.05) is 0 Å². The zero-order valence-corrected chi connectivity index (χ0v) is 9.89. The lowest BCUT2D eigenvalue weighted by atomic mass is 10.1. The highest BCUT2D eigenvalue weighted by molar-refractivity contribution is 5.91. The van der Waals surface area contributed by atoms with Crippen LogP contribution in [0.1, 0.15) is 10.4 Å². The average Bonchev–Trinajstić information content (AvgIpc) is 2.46. The molecule has 0 aliphatic heterocycles. The highest BCUT2D eigenvalue weighted by atomic mass is 19.2. The van der Waals surface area contributed by atoms with Crippen molar-refractivity contribution in [2.24, 2.45) is 0 Å². The standard InChI is InChI=1S/C13H4F6O2/c14-5-3-1-2-4-6(5)21-13(20)7-8(15)10(17)12(19)11(18)9(7)16/h1-4H. The third-order valence-corrected chi connectivity index (χ3v) is 2.45. The number of para-hydroxylation sites is 1. The maximum absolute atomic E-state index is 13.3. The van der Waals surface area contributed by atoms with E-state index in [2.05, 4.69) is 4.74 Å². The van der Waals surface area contributed by atoms with Gasteiger partial charge >= 0.3 is 5.97 Å². The van der Waals surface area contributed by atoms with Crippen molar-refractivity contribution in [3.63, 3.8) is 0 Å². The number of hydrogen-bond donors (Lipinski definition) is 0. The fraction of sp³-hybridized carbons (Fsp3) is 0. The van der Waals surface area contributed by atoms with Crippen LogP contribution < -0.4 is 4.74 Å². The molecule has 0 atom stereocenters. The molecule has 0 saturated heterocycles. The first-order chi connectivity index (χ1) is 9.84. The van der Waals surface area contributed by atoms with Crippen molar-refractivity contribution in [1.29, 1.82) is 0 Å². The molecular formula is C13H4F6O2. The van der Waals surface area contributed by atoms with Crippen LogP contribution in [0.15, 0.2) is 24.3 Å². The number of ether oxygens (including phenoxy) is 1. The van der Waals surface area contributed by atoms with Gasteiger partial charge in [0.15, 0.2) is 34.8 Å². The lowest BCUT2D eigenvalue weighted by molar-refractivity contribution is 0.0714. The van der Waals surface area contributed by atoms with Crippen LogP contribution in [0.25, 0.3) is 0 Å². The van der Waals surface area contributed by atoms with Gasteiger partial charge in [0.25, 0.3) is 0 Å². The number of benzene rings is 2. The predicted octanol–water partition coefficient (Wildman–Crippen LogP) is 3.74. The van der Waals surface area contributed by atoms with Crippen LogP contribution in [-0.2, 0) is 0 Å². The molecule has 0 spiro atoms. The Morgan fingerprint density at radius 3 is 1.76 bits per heavy atom. The molecule has 2 rings (SSSR count). The van der Waals surface area contributed by atoms with Gasteiger partial charge in [-0.1, -0.05) is 12.1 Å². The van der Waals surface area contributed by atoms with E-state index in [-0.39, 0.29) is 0 Å². The monoisotopic (exact) mass is 306 g/mol. The molecule has 0 fully saturated rings. The number of carbonyl (C=O) groups is 1.